The summed E-state index contributed by atoms with van der Waals surface area (Å²) < 4.78 is 0. The molecule has 2 N–H and O–H groups in total. The van der Waals surface area contributed by atoms with Gasteiger partial charge in [0, 0.05) is 19.1 Å². The molecule has 1 rings (SSSR count). The van der Waals surface area contributed by atoms with Crippen molar-refractivity contribution < 1.29 is 9.90 Å². The second-order valence-corrected chi connectivity index (χ2v) is 6.67. The maximum Gasteiger partial charge on any atom is 0.220 e. The Bertz CT molecular complexity index is 432. The molecule has 0 aliphatic heterocycles. The summed E-state index contributed by atoms with van der Waals surface area (Å²) in [5.41, 5.74) is 2.47. The molecule has 0 saturated carbocycles. The van der Waals surface area contributed by atoms with Gasteiger partial charge in [-0.15, -0.1) is 0 Å². The van der Waals surface area contributed by atoms with Crippen molar-refractivity contribution in [1.82, 2.24) is 5.32 Å². The van der Waals surface area contributed by atoms with Gasteiger partial charge in [-0.3, -0.25) is 4.79 Å². The van der Waals surface area contributed by atoms with Gasteiger partial charge in [0.25, 0.3) is 0 Å². The molecule has 0 spiro atoms. The number of rotatable bonds is 7. The fraction of sp³-hybridized carbons (Fsp3) is 0.611. The highest BCUT2D eigenvalue weighted by molar-refractivity contribution is 5.76. The largest absolute Gasteiger partial charge is 0.396 e. The molecule has 0 aliphatic carbocycles. The van der Waals surface area contributed by atoms with Gasteiger partial charge in [-0.25, -0.2) is 0 Å². The van der Waals surface area contributed by atoms with E-state index in [1.165, 1.54) is 11.1 Å². The first kappa shape index (κ1) is 17.7. The minimum Gasteiger partial charge on any atom is -0.396 e. The zero-order chi connectivity index (χ0) is 15.9. The summed E-state index contributed by atoms with van der Waals surface area (Å²) >= 11 is 0. The molecule has 0 heterocycles. The van der Waals surface area contributed by atoms with E-state index in [9.17, 15) is 4.79 Å². The Morgan fingerprint density at radius 1 is 1.19 bits per heavy atom. The number of hydrogen-bond donors (Lipinski definition) is 2. The minimum atomic E-state index is -0.0405. The second kappa shape index (κ2) is 8.18. The number of aliphatic hydroxyl groups excluding tert-OH is 1. The highest BCUT2D eigenvalue weighted by atomic mass is 16.3. The summed E-state index contributed by atoms with van der Waals surface area (Å²) in [6.07, 6.45) is 2.88. The first-order valence-corrected chi connectivity index (χ1v) is 7.85. The van der Waals surface area contributed by atoms with Gasteiger partial charge in [-0.2, -0.15) is 0 Å². The Kier molecular flexibility index (Phi) is 6.90. The number of benzene rings is 1. The van der Waals surface area contributed by atoms with Gasteiger partial charge in [0.1, 0.15) is 0 Å². The topological polar surface area (TPSA) is 49.3 Å². The fourth-order valence-corrected chi connectivity index (χ4v) is 2.32. The van der Waals surface area contributed by atoms with Crippen LogP contribution in [0.25, 0.3) is 0 Å². The Balaban J connectivity index is 2.48. The molecule has 3 heteroatoms. The third-order valence-corrected chi connectivity index (χ3v) is 3.87. The lowest BCUT2D eigenvalue weighted by atomic mass is 9.85. The summed E-state index contributed by atoms with van der Waals surface area (Å²) in [5.74, 6) is 0.0583. The van der Waals surface area contributed by atoms with Gasteiger partial charge in [0.15, 0.2) is 0 Å². The van der Waals surface area contributed by atoms with Crippen LogP contribution >= 0.6 is 0 Å². The van der Waals surface area contributed by atoms with E-state index in [1.54, 1.807) is 0 Å². The van der Waals surface area contributed by atoms with Crippen molar-refractivity contribution in [3.05, 3.63) is 35.4 Å². The highest BCUT2D eigenvalue weighted by Crippen LogP contribution is 2.21. The minimum absolute atomic E-state index is 0.0115. The van der Waals surface area contributed by atoms with Crippen molar-refractivity contribution >= 4 is 5.91 Å². The normalized spacial score (nSPS) is 13.0. The predicted octanol–water partition coefficient (Wildman–Crippen LogP) is 3.09. The average Bonchev–Trinajstić information content (AvgIpc) is 2.44. The molecule has 3 nitrogen and oxygen atoms in total. The Hall–Kier alpha value is -1.35. The number of carbonyl (C=O) groups excluding carboxylic acids is 1. The van der Waals surface area contributed by atoms with Crippen molar-refractivity contribution in [3.8, 4) is 0 Å². The van der Waals surface area contributed by atoms with E-state index in [2.05, 4.69) is 57.3 Å². The van der Waals surface area contributed by atoms with Crippen LogP contribution in [0.3, 0.4) is 0 Å². The van der Waals surface area contributed by atoms with E-state index >= 15 is 0 Å². The first-order chi connectivity index (χ1) is 9.86. The van der Waals surface area contributed by atoms with Crippen molar-refractivity contribution in [1.29, 1.82) is 0 Å². The van der Waals surface area contributed by atoms with Gasteiger partial charge >= 0.3 is 0 Å². The lowest BCUT2D eigenvalue weighted by Gasteiger charge is -2.31. The summed E-state index contributed by atoms with van der Waals surface area (Å²) in [4.78, 5) is 12.1. The number of aliphatic hydroxyl groups is 1. The van der Waals surface area contributed by atoms with E-state index in [4.69, 9.17) is 5.11 Å². The number of nitrogens with one attached hydrogen (secondary N) is 1. The Morgan fingerprint density at radius 2 is 1.76 bits per heavy atom. The Morgan fingerprint density at radius 3 is 2.24 bits per heavy atom. The van der Waals surface area contributed by atoms with Crippen LogP contribution in [0.4, 0.5) is 0 Å². The average molecular weight is 291 g/mol. The number of carbonyl (C=O) groups is 1. The molecule has 0 radical (unpaired) electrons. The van der Waals surface area contributed by atoms with E-state index in [0.717, 1.165) is 12.8 Å². The molecular formula is C18H29NO2. The zero-order valence-electron chi connectivity index (χ0n) is 13.8. The number of aryl methyl sites for hydroxylation is 2. The summed E-state index contributed by atoms with van der Waals surface area (Å²) in [6, 6.07) is 8.45. The molecule has 1 atom stereocenters. The van der Waals surface area contributed by atoms with Gasteiger partial charge in [0.05, 0.1) is 0 Å². The van der Waals surface area contributed by atoms with Crippen molar-refractivity contribution in [2.24, 2.45) is 5.41 Å². The number of amides is 1. The van der Waals surface area contributed by atoms with Crippen LogP contribution in [0.15, 0.2) is 24.3 Å². The molecule has 0 saturated heterocycles. The highest BCUT2D eigenvalue weighted by Gasteiger charge is 2.25. The lowest BCUT2D eigenvalue weighted by Crippen LogP contribution is -2.44. The molecule has 0 aliphatic rings. The van der Waals surface area contributed by atoms with Crippen LogP contribution in [-0.2, 0) is 17.6 Å². The second-order valence-electron chi connectivity index (χ2n) is 6.67. The van der Waals surface area contributed by atoms with E-state index in [0.29, 0.717) is 12.8 Å². The summed E-state index contributed by atoms with van der Waals surface area (Å²) in [5, 5.41) is 12.2. The van der Waals surface area contributed by atoms with Crippen LogP contribution in [-0.4, -0.2) is 23.7 Å². The molecule has 1 unspecified atom stereocenters. The maximum atomic E-state index is 12.1. The van der Waals surface area contributed by atoms with Crippen molar-refractivity contribution in [2.75, 3.05) is 6.61 Å². The smallest absolute Gasteiger partial charge is 0.220 e. The quantitative estimate of drug-likeness (QED) is 0.811. The van der Waals surface area contributed by atoms with Gasteiger partial charge in [0.2, 0.25) is 5.91 Å². The van der Waals surface area contributed by atoms with Crippen LogP contribution in [0.5, 0.6) is 0 Å². The van der Waals surface area contributed by atoms with Crippen LogP contribution < -0.4 is 5.32 Å². The lowest BCUT2D eigenvalue weighted by molar-refractivity contribution is -0.122. The van der Waals surface area contributed by atoms with Crippen LogP contribution in [0.1, 0.15) is 51.7 Å². The zero-order valence-corrected chi connectivity index (χ0v) is 13.8. The van der Waals surface area contributed by atoms with Crippen LogP contribution in [0, 0.1) is 5.41 Å². The predicted molar refractivity (Wildman–Crippen MR) is 87.2 cm³/mol. The molecule has 1 amide bonds. The van der Waals surface area contributed by atoms with Gasteiger partial charge in [-0.05, 0) is 35.8 Å². The molecule has 21 heavy (non-hydrogen) atoms. The SMILES string of the molecule is CCc1ccc(CCC(=O)NC(CCO)C(C)(C)C)cc1. The molecule has 118 valence electrons. The maximum absolute atomic E-state index is 12.1. The fourth-order valence-electron chi connectivity index (χ4n) is 2.32. The summed E-state index contributed by atoms with van der Waals surface area (Å²) in [7, 11) is 0. The third-order valence-electron chi connectivity index (χ3n) is 3.87. The Labute approximate surface area is 128 Å². The van der Waals surface area contributed by atoms with E-state index < -0.39 is 0 Å². The molecule has 1 aromatic rings. The third kappa shape index (κ3) is 6.30. The first-order valence-electron chi connectivity index (χ1n) is 7.85. The monoisotopic (exact) mass is 291 g/mol. The van der Waals surface area contributed by atoms with Gasteiger partial charge in [-0.1, -0.05) is 52.0 Å². The molecule has 1 aromatic carbocycles. The number of hydrogen-bond acceptors (Lipinski definition) is 2. The van der Waals surface area contributed by atoms with Crippen molar-refractivity contribution in [3.63, 3.8) is 0 Å². The molecule has 0 bridgehead atoms. The van der Waals surface area contributed by atoms with Crippen LogP contribution in [0.2, 0.25) is 0 Å². The van der Waals surface area contributed by atoms with Gasteiger partial charge < -0.3 is 10.4 Å². The standard InChI is InChI=1S/C18H29NO2/c1-5-14-6-8-15(9-7-14)10-11-17(21)19-16(12-13-20)18(2,3)4/h6-9,16,20H,5,10-13H2,1-4H3,(H,19,21). The molecule has 0 aromatic heterocycles. The van der Waals surface area contributed by atoms with E-state index in [-0.39, 0.29) is 24.0 Å². The molecular weight excluding hydrogens is 262 g/mol. The molecule has 0 fully saturated rings. The van der Waals surface area contributed by atoms with E-state index in [1.807, 2.05) is 0 Å². The summed E-state index contributed by atoms with van der Waals surface area (Å²) in [6.45, 7) is 8.47. The van der Waals surface area contributed by atoms with Crippen molar-refractivity contribution in [2.45, 2.75) is 59.4 Å².